The monoisotopic (exact) mass is 418 g/mol. The van der Waals surface area contributed by atoms with Gasteiger partial charge in [0.05, 0.1) is 5.39 Å². The summed E-state index contributed by atoms with van der Waals surface area (Å²) in [5, 5.41) is 0.590. The van der Waals surface area contributed by atoms with Crippen molar-refractivity contribution in [2.24, 2.45) is 0 Å². The Morgan fingerprint density at radius 2 is 1.80 bits per heavy atom. The van der Waals surface area contributed by atoms with Crippen molar-refractivity contribution in [3.8, 4) is 5.82 Å². The summed E-state index contributed by atoms with van der Waals surface area (Å²) in [6.07, 6.45) is 7.52. The van der Waals surface area contributed by atoms with Crippen LogP contribution < -0.4 is 16.8 Å². The maximum Gasteiger partial charge on any atom is 0.327 e. The van der Waals surface area contributed by atoms with Crippen LogP contribution in [0, 0.1) is 0 Å². The van der Waals surface area contributed by atoms with Gasteiger partial charge in [-0.3, -0.25) is 19.6 Å². The van der Waals surface area contributed by atoms with Gasteiger partial charge in [0.2, 0.25) is 0 Å². The molecular weight excluding hydrogens is 400 g/mol. The van der Waals surface area contributed by atoms with Crippen molar-refractivity contribution in [2.45, 2.75) is 25.7 Å². The molecule has 0 amide bonds. The van der Waals surface area contributed by atoms with Crippen LogP contribution in [0.15, 0.2) is 50.8 Å². The van der Waals surface area contributed by atoms with Crippen LogP contribution in [0.25, 0.3) is 28.2 Å². The van der Waals surface area contributed by atoms with Gasteiger partial charge in [-0.2, -0.15) is 0 Å². The van der Waals surface area contributed by atoms with E-state index in [1.54, 1.807) is 17.4 Å². The van der Waals surface area contributed by atoms with Gasteiger partial charge in [-0.05, 0) is 42.9 Å². The Bertz CT molecular complexity index is 1430. The number of aromatic nitrogens is 4. The molecule has 0 saturated carbocycles. The number of aromatic amines is 2. The zero-order chi connectivity index (χ0) is 20.7. The lowest BCUT2D eigenvalue weighted by atomic mass is 9.97. The van der Waals surface area contributed by atoms with Gasteiger partial charge in [0, 0.05) is 10.9 Å². The number of fused-ring (bicyclic) bond motifs is 3. The average Bonchev–Trinajstić information content (AvgIpc) is 3.11. The molecule has 0 bridgehead atoms. The fourth-order valence-corrected chi connectivity index (χ4v) is 5.14. The first-order chi connectivity index (χ1) is 14.6. The average molecular weight is 418 g/mol. The maximum atomic E-state index is 13.6. The second kappa shape index (κ2) is 7.38. The van der Waals surface area contributed by atoms with Crippen molar-refractivity contribution in [1.82, 2.24) is 19.5 Å². The second-order valence-corrected chi connectivity index (χ2v) is 8.30. The number of benzene rings is 1. The highest BCUT2D eigenvalue weighted by molar-refractivity contribution is 7.18. The summed E-state index contributed by atoms with van der Waals surface area (Å²) >= 11 is 1.56. The number of hydrogen-bond donors (Lipinski definition) is 2. The predicted octanol–water partition coefficient (Wildman–Crippen LogP) is 2.87. The van der Waals surface area contributed by atoms with E-state index < -0.39 is 11.2 Å². The van der Waals surface area contributed by atoms with Gasteiger partial charge in [0.1, 0.15) is 16.5 Å². The summed E-state index contributed by atoms with van der Waals surface area (Å²) in [6.45, 7) is 0. The highest BCUT2D eigenvalue weighted by Crippen LogP contribution is 2.34. The molecule has 30 heavy (non-hydrogen) atoms. The van der Waals surface area contributed by atoms with Gasteiger partial charge < -0.3 is 0 Å². The molecule has 7 nitrogen and oxygen atoms in total. The molecule has 0 saturated heterocycles. The fourth-order valence-electron chi connectivity index (χ4n) is 3.88. The van der Waals surface area contributed by atoms with Crippen molar-refractivity contribution in [2.75, 3.05) is 0 Å². The van der Waals surface area contributed by atoms with Crippen molar-refractivity contribution >= 4 is 33.7 Å². The third-order valence-electron chi connectivity index (χ3n) is 5.23. The van der Waals surface area contributed by atoms with E-state index in [9.17, 15) is 14.4 Å². The van der Waals surface area contributed by atoms with E-state index in [-0.39, 0.29) is 11.4 Å². The molecule has 1 aliphatic rings. The summed E-state index contributed by atoms with van der Waals surface area (Å²) in [5.41, 5.74) is 0.482. The number of rotatable bonds is 3. The van der Waals surface area contributed by atoms with Gasteiger partial charge in [0.15, 0.2) is 0 Å². The Labute approximate surface area is 174 Å². The van der Waals surface area contributed by atoms with Crippen LogP contribution in [0.2, 0.25) is 0 Å². The third-order valence-corrected chi connectivity index (χ3v) is 6.41. The number of nitrogens with zero attached hydrogens (tertiary/aromatic N) is 2. The van der Waals surface area contributed by atoms with Crippen LogP contribution >= 0.6 is 11.3 Å². The Hall–Kier alpha value is -3.52. The normalized spacial score (nSPS) is 13.7. The smallest absolute Gasteiger partial charge is 0.293 e. The van der Waals surface area contributed by atoms with Crippen LogP contribution in [0.5, 0.6) is 0 Å². The zero-order valence-corrected chi connectivity index (χ0v) is 16.8. The first kappa shape index (κ1) is 18.5. The molecule has 0 atom stereocenters. The first-order valence-electron chi connectivity index (χ1n) is 9.74. The quantitative estimate of drug-likeness (QED) is 0.534. The molecule has 4 aromatic rings. The lowest BCUT2D eigenvalue weighted by Gasteiger charge is -2.12. The molecule has 0 unspecified atom stereocenters. The van der Waals surface area contributed by atoms with Gasteiger partial charge in [-0.15, -0.1) is 11.3 Å². The molecule has 8 heteroatoms. The Kier molecular flexibility index (Phi) is 4.55. The Balaban J connectivity index is 1.80. The van der Waals surface area contributed by atoms with E-state index in [1.165, 1.54) is 15.5 Å². The van der Waals surface area contributed by atoms with Crippen molar-refractivity contribution in [3.63, 3.8) is 0 Å². The number of H-pyrrole nitrogens is 2. The third kappa shape index (κ3) is 3.25. The molecular formula is C22H18N4O3S. The summed E-state index contributed by atoms with van der Waals surface area (Å²) in [6, 6.07) is 10.9. The maximum absolute atomic E-state index is 13.6. The number of hydrogen-bond acceptors (Lipinski definition) is 5. The van der Waals surface area contributed by atoms with Crippen LogP contribution in [0.3, 0.4) is 0 Å². The SMILES string of the molecule is O=c1cc(-n2c(/C=C/c3ccccc3)nc3sc4c(c3c2=O)CCCC4)[nH]c(=O)[nH]1. The van der Waals surface area contributed by atoms with Crippen molar-refractivity contribution < 1.29 is 0 Å². The van der Waals surface area contributed by atoms with Crippen LogP contribution in [-0.2, 0) is 12.8 Å². The molecule has 0 radical (unpaired) electrons. The largest absolute Gasteiger partial charge is 0.327 e. The minimum absolute atomic E-state index is 0.103. The van der Waals surface area contributed by atoms with Crippen molar-refractivity contribution in [1.29, 1.82) is 0 Å². The molecule has 5 rings (SSSR count). The standard InChI is InChI=1S/C22H18N4O3S/c27-18-12-17(24-22(29)25-18)26-16(11-10-13-6-2-1-3-7-13)23-20-19(21(26)28)14-8-4-5-9-15(14)30-20/h1-3,6-7,10-12H,4-5,8-9H2,(H2,24,25,27,29)/b11-10+. The number of thiophene rings is 1. The molecule has 1 aliphatic carbocycles. The number of aryl methyl sites for hydroxylation is 2. The summed E-state index contributed by atoms with van der Waals surface area (Å²) in [4.78, 5) is 48.7. The van der Waals surface area contributed by atoms with Crippen LogP contribution in [0.4, 0.5) is 0 Å². The first-order valence-corrected chi connectivity index (χ1v) is 10.6. The van der Waals surface area contributed by atoms with Crippen LogP contribution in [0.1, 0.15) is 34.7 Å². The highest BCUT2D eigenvalue weighted by atomic mass is 32.1. The van der Waals surface area contributed by atoms with E-state index in [4.69, 9.17) is 4.98 Å². The molecule has 0 aliphatic heterocycles. The zero-order valence-electron chi connectivity index (χ0n) is 16.0. The van der Waals surface area contributed by atoms with E-state index in [0.29, 0.717) is 16.0 Å². The van der Waals surface area contributed by atoms with E-state index in [2.05, 4.69) is 9.97 Å². The van der Waals surface area contributed by atoms with Gasteiger partial charge in [0.25, 0.3) is 11.1 Å². The van der Waals surface area contributed by atoms with E-state index in [1.807, 2.05) is 36.4 Å². The summed E-state index contributed by atoms with van der Waals surface area (Å²) < 4.78 is 1.32. The van der Waals surface area contributed by atoms with Gasteiger partial charge >= 0.3 is 5.69 Å². The number of nitrogens with one attached hydrogen (secondary N) is 2. The minimum atomic E-state index is -0.671. The topological polar surface area (TPSA) is 101 Å². The molecule has 0 spiro atoms. The fraction of sp³-hybridized carbons (Fsp3) is 0.182. The van der Waals surface area contributed by atoms with Crippen LogP contribution in [-0.4, -0.2) is 19.5 Å². The summed E-state index contributed by atoms with van der Waals surface area (Å²) in [7, 11) is 0. The Morgan fingerprint density at radius 3 is 2.60 bits per heavy atom. The van der Waals surface area contributed by atoms with E-state index in [0.717, 1.165) is 36.8 Å². The highest BCUT2D eigenvalue weighted by Gasteiger charge is 2.22. The molecule has 0 fully saturated rings. The van der Waals surface area contributed by atoms with Gasteiger partial charge in [-0.1, -0.05) is 36.4 Å². The molecule has 2 N–H and O–H groups in total. The van der Waals surface area contributed by atoms with Gasteiger partial charge in [-0.25, -0.2) is 14.3 Å². The summed E-state index contributed by atoms with van der Waals surface area (Å²) in [5.74, 6) is 0.461. The predicted molar refractivity (Wildman–Crippen MR) is 118 cm³/mol. The molecule has 150 valence electrons. The molecule has 3 aromatic heterocycles. The lowest BCUT2D eigenvalue weighted by Crippen LogP contribution is -2.29. The molecule has 1 aromatic carbocycles. The van der Waals surface area contributed by atoms with E-state index >= 15 is 0 Å². The molecule has 3 heterocycles. The Morgan fingerprint density at radius 1 is 1.00 bits per heavy atom. The van der Waals surface area contributed by atoms with Crippen molar-refractivity contribution in [3.05, 3.63) is 89.4 Å². The minimum Gasteiger partial charge on any atom is -0.293 e. The second-order valence-electron chi connectivity index (χ2n) is 7.22. The lowest BCUT2D eigenvalue weighted by molar-refractivity contribution is 0.699.